The zero-order valence-corrected chi connectivity index (χ0v) is 14.0. The van der Waals surface area contributed by atoms with Gasteiger partial charge in [0.25, 0.3) is 0 Å². The van der Waals surface area contributed by atoms with Crippen LogP contribution in [0.3, 0.4) is 0 Å². The first-order chi connectivity index (χ1) is 10.0. The fourth-order valence-electron chi connectivity index (χ4n) is 2.79. The zero-order valence-electron chi connectivity index (χ0n) is 14.0. The van der Waals surface area contributed by atoms with Crippen molar-refractivity contribution in [2.75, 3.05) is 13.7 Å². The fraction of sp³-hybridized carbons (Fsp3) is 0.611. The Morgan fingerprint density at radius 1 is 1.24 bits per heavy atom. The second kappa shape index (κ2) is 8.69. The Balaban J connectivity index is 2.95. The van der Waals surface area contributed by atoms with Crippen LogP contribution in [0, 0.1) is 17.2 Å². The summed E-state index contributed by atoms with van der Waals surface area (Å²) in [4.78, 5) is 2.54. The van der Waals surface area contributed by atoms with Crippen molar-refractivity contribution in [2.24, 2.45) is 5.92 Å². The van der Waals surface area contributed by atoms with Crippen LogP contribution < -0.4 is 4.74 Å². The number of hydrogen-bond donors (Lipinski definition) is 0. The molecule has 0 radical (unpaired) electrons. The van der Waals surface area contributed by atoms with Crippen molar-refractivity contribution in [3.63, 3.8) is 0 Å². The second-order valence-corrected chi connectivity index (χ2v) is 5.94. The average Bonchev–Trinajstić information content (AvgIpc) is 2.47. The molecule has 3 heteroatoms. The fourth-order valence-corrected chi connectivity index (χ4v) is 2.79. The summed E-state index contributed by atoms with van der Waals surface area (Å²) in [5.41, 5.74) is 1.80. The molecular weight excluding hydrogens is 260 g/mol. The lowest BCUT2D eigenvalue weighted by molar-refractivity contribution is 0.157. The number of rotatable bonds is 8. The van der Waals surface area contributed by atoms with E-state index in [0.29, 0.717) is 23.3 Å². The van der Waals surface area contributed by atoms with Gasteiger partial charge in [-0.3, -0.25) is 4.90 Å². The second-order valence-electron chi connectivity index (χ2n) is 5.94. The highest BCUT2D eigenvalue weighted by molar-refractivity contribution is 5.45. The normalized spacial score (nSPS) is 11.2. The summed E-state index contributed by atoms with van der Waals surface area (Å²) in [6.07, 6.45) is 2.31. The topological polar surface area (TPSA) is 36.3 Å². The zero-order chi connectivity index (χ0) is 15.8. The molecule has 0 saturated heterocycles. The average molecular weight is 288 g/mol. The molecule has 0 saturated carbocycles. The molecule has 1 aromatic carbocycles. The SMILES string of the molecule is CCC(CC)N(Cc1ccc(OC)c(C#N)c1)CC(C)C. The Morgan fingerprint density at radius 2 is 1.90 bits per heavy atom. The molecule has 0 atom stereocenters. The summed E-state index contributed by atoms with van der Waals surface area (Å²) in [5, 5.41) is 9.21. The summed E-state index contributed by atoms with van der Waals surface area (Å²) in [5.74, 6) is 1.29. The summed E-state index contributed by atoms with van der Waals surface area (Å²) in [6.45, 7) is 11.0. The number of methoxy groups -OCH3 is 1. The quantitative estimate of drug-likeness (QED) is 0.719. The molecule has 0 aliphatic heterocycles. The summed E-state index contributed by atoms with van der Waals surface area (Å²) >= 11 is 0. The molecule has 0 N–H and O–H groups in total. The van der Waals surface area contributed by atoms with Crippen LogP contribution in [0.5, 0.6) is 5.75 Å². The maximum absolute atomic E-state index is 9.21. The van der Waals surface area contributed by atoms with E-state index in [1.807, 2.05) is 12.1 Å². The first-order valence-corrected chi connectivity index (χ1v) is 7.86. The van der Waals surface area contributed by atoms with Crippen molar-refractivity contribution in [1.82, 2.24) is 4.90 Å². The number of nitriles is 1. The van der Waals surface area contributed by atoms with Crippen LogP contribution in [-0.4, -0.2) is 24.6 Å². The summed E-state index contributed by atoms with van der Waals surface area (Å²) in [6, 6.07) is 8.73. The predicted molar refractivity (Wildman–Crippen MR) is 87.3 cm³/mol. The van der Waals surface area contributed by atoms with Crippen molar-refractivity contribution in [3.05, 3.63) is 29.3 Å². The lowest BCUT2D eigenvalue weighted by Crippen LogP contribution is -2.36. The monoisotopic (exact) mass is 288 g/mol. The van der Waals surface area contributed by atoms with Crippen molar-refractivity contribution >= 4 is 0 Å². The van der Waals surface area contributed by atoms with Crippen LogP contribution in [0.4, 0.5) is 0 Å². The highest BCUT2D eigenvalue weighted by Crippen LogP contribution is 2.21. The van der Waals surface area contributed by atoms with Crippen molar-refractivity contribution in [1.29, 1.82) is 5.26 Å². The molecule has 1 rings (SSSR count). The Labute approximate surface area is 129 Å². The van der Waals surface area contributed by atoms with Gasteiger partial charge in [0, 0.05) is 19.1 Å². The number of ether oxygens (including phenoxy) is 1. The number of nitrogens with zero attached hydrogens (tertiary/aromatic N) is 2. The minimum atomic E-state index is 0.597. The van der Waals surface area contributed by atoms with Crippen LogP contribution in [-0.2, 0) is 6.54 Å². The van der Waals surface area contributed by atoms with Gasteiger partial charge in [0.15, 0.2) is 0 Å². The van der Waals surface area contributed by atoms with Crippen LogP contribution in [0.2, 0.25) is 0 Å². The summed E-state index contributed by atoms with van der Waals surface area (Å²) in [7, 11) is 1.60. The molecule has 0 fully saturated rings. The Morgan fingerprint density at radius 3 is 2.38 bits per heavy atom. The minimum Gasteiger partial charge on any atom is -0.495 e. The molecule has 0 aliphatic rings. The van der Waals surface area contributed by atoms with E-state index >= 15 is 0 Å². The molecule has 0 heterocycles. The van der Waals surface area contributed by atoms with Gasteiger partial charge in [-0.15, -0.1) is 0 Å². The smallest absolute Gasteiger partial charge is 0.136 e. The van der Waals surface area contributed by atoms with Crippen molar-refractivity contribution < 1.29 is 4.74 Å². The van der Waals surface area contributed by atoms with Crippen molar-refractivity contribution in [2.45, 2.75) is 53.1 Å². The van der Waals surface area contributed by atoms with Gasteiger partial charge in [-0.2, -0.15) is 5.26 Å². The van der Waals surface area contributed by atoms with E-state index in [1.54, 1.807) is 7.11 Å². The van der Waals surface area contributed by atoms with E-state index in [4.69, 9.17) is 4.74 Å². The molecule has 0 spiro atoms. The van der Waals surface area contributed by atoms with Gasteiger partial charge in [0.2, 0.25) is 0 Å². The third kappa shape index (κ3) is 5.06. The van der Waals surface area contributed by atoms with Gasteiger partial charge in [0.05, 0.1) is 12.7 Å². The molecule has 0 aliphatic carbocycles. The van der Waals surface area contributed by atoms with Gasteiger partial charge in [-0.05, 0) is 36.5 Å². The van der Waals surface area contributed by atoms with Crippen LogP contribution in [0.25, 0.3) is 0 Å². The number of hydrogen-bond acceptors (Lipinski definition) is 3. The molecule has 1 aromatic rings. The maximum atomic E-state index is 9.21. The highest BCUT2D eigenvalue weighted by Gasteiger charge is 2.17. The van der Waals surface area contributed by atoms with E-state index in [0.717, 1.165) is 25.9 Å². The molecule has 116 valence electrons. The van der Waals surface area contributed by atoms with E-state index in [1.165, 1.54) is 5.56 Å². The Kier molecular flexibility index (Phi) is 7.25. The van der Waals surface area contributed by atoms with Crippen LogP contribution >= 0.6 is 0 Å². The molecule has 0 unspecified atom stereocenters. The molecule has 3 nitrogen and oxygen atoms in total. The highest BCUT2D eigenvalue weighted by atomic mass is 16.5. The van der Waals surface area contributed by atoms with Gasteiger partial charge < -0.3 is 4.74 Å². The molecular formula is C18H28N2O. The first kappa shape index (κ1) is 17.5. The van der Waals surface area contributed by atoms with E-state index < -0.39 is 0 Å². The third-order valence-corrected chi connectivity index (χ3v) is 3.83. The van der Waals surface area contributed by atoms with E-state index in [2.05, 4.69) is 44.7 Å². The minimum absolute atomic E-state index is 0.597. The third-order valence-electron chi connectivity index (χ3n) is 3.83. The Hall–Kier alpha value is -1.53. The largest absolute Gasteiger partial charge is 0.495 e. The van der Waals surface area contributed by atoms with Crippen molar-refractivity contribution in [3.8, 4) is 11.8 Å². The first-order valence-electron chi connectivity index (χ1n) is 7.86. The van der Waals surface area contributed by atoms with Crippen LogP contribution in [0.1, 0.15) is 51.7 Å². The van der Waals surface area contributed by atoms with E-state index in [9.17, 15) is 5.26 Å². The van der Waals surface area contributed by atoms with Gasteiger partial charge >= 0.3 is 0 Å². The molecule has 0 bridgehead atoms. The maximum Gasteiger partial charge on any atom is 0.136 e. The predicted octanol–water partition coefficient (Wildman–Crippen LogP) is 4.21. The Bertz CT molecular complexity index is 473. The molecule has 0 amide bonds. The van der Waals surface area contributed by atoms with Gasteiger partial charge in [-0.25, -0.2) is 0 Å². The van der Waals surface area contributed by atoms with Gasteiger partial charge in [0.1, 0.15) is 11.8 Å². The van der Waals surface area contributed by atoms with Gasteiger partial charge in [-0.1, -0.05) is 33.8 Å². The lowest BCUT2D eigenvalue weighted by atomic mass is 10.0. The summed E-state index contributed by atoms with van der Waals surface area (Å²) < 4.78 is 5.21. The lowest BCUT2D eigenvalue weighted by Gasteiger charge is -2.32. The standard InChI is InChI=1S/C18H28N2O/c1-6-17(7-2)20(12-14(3)4)13-15-8-9-18(21-5)16(10-15)11-19/h8-10,14,17H,6-7,12-13H2,1-5H3. The number of benzene rings is 1. The molecule has 21 heavy (non-hydrogen) atoms. The van der Waals surface area contributed by atoms with E-state index in [-0.39, 0.29) is 0 Å². The van der Waals surface area contributed by atoms with Crippen LogP contribution in [0.15, 0.2) is 18.2 Å². The molecule has 0 aromatic heterocycles.